The molecule has 0 saturated heterocycles. The van der Waals surface area contributed by atoms with Crippen molar-refractivity contribution in [2.75, 3.05) is 0 Å². The Labute approximate surface area is 108 Å². The van der Waals surface area contributed by atoms with Crippen molar-refractivity contribution in [2.24, 2.45) is 0 Å². The fraction of sp³-hybridized carbons (Fsp3) is 0.250. The van der Waals surface area contributed by atoms with Crippen LogP contribution in [0.25, 0.3) is 0 Å². The van der Waals surface area contributed by atoms with E-state index in [9.17, 15) is 4.39 Å². The van der Waals surface area contributed by atoms with Gasteiger partial charge in [-0.05, 0) is 30.7 Å². The van der Waals surface area contributed by atoms with E-state index in [-0.39, 0.29) is 11.9 Å². The van der Waals surface area contributed by atoms with Gasteiger partial charge >= 0.3 is 0 Å². The van der Waals surface area contributed by atoms with Crippen LogP contribution in [0.3, 0.4) is 0 Å². The van der Waals surface area contributed by atoms with Crippen molar-refractivity contribution in [1.82, 2.24) is 10.3 Å². The van der Waals surface area contributed by atoms with E-state index in [1.165, 1.54) is 12.3 Å². The Bertz CT molecular complexity index is 501. The molecule has 17 heavy (non-hydrogen) atoms. The maximum Gasteiger partial charge on any atom is 0.141 e. The molecular weight excluding hydrogens is 259 g/mol. The van der Waals surface area contributed by atoms with Crippen LogP contribution in [0.2, 0.25) is 4.34 Å². The first-order valence-corrected chi connectivity index (χ1v) is 6.42. The quantitative estimate of drug-likeness (QED) is 0.914. The number of nitrogens with one attached hydrogen (secondary N) is 1. The fourth-order valence-electron chi connectivity index (χ4n) is 1.48. The summed E-state index contributed by atoms with van der Waals surface area (Å²) in [5.41, 5.74) is 0.840. The van der Waals surface area contributed by atoms with Gasteiger partial charge in [0.25, 0.3) is 0 Å². The van der Waals surface area contributed by atoms with Gasteiger partial charge in [0.15, 0.2) is 0 Å². The van der Waals surface area contributed by atoms with Crippen LogP contribution in [-0.4, -0.2) is 4.98 Å². The number of halogens is 2. The normalized spacial score (nSPS) is 12.6. The lowest BCUT2D eigenvalue weighted by Gasteiger charge is -2.12. The van der Waals surface area contributed by atoms with Crippen molar-refractivity contribution in [3.63, 3.8) is 0 Å². The molecule has 90 valence electrons. The second-order valence-electron chi connectivity index (χ2n) is 3.74. The molecule has 0 aliphatic heterocycles. The number of nitrogens with zero attached hydrogens (tertiary/aromatic N) is 1. The van der Waals surface area contributed by atoms with Crippen molar-refractivity contribution in [1.29, 1.82) is 0 Å². The maximum absolute atomic E-state index is 13.0. The number of hydrogen-bond donors (Lipinski definition) is 1. The molecule has 0 bridgehead atoms. The lowest BCUT2D eigenvalue weighted by molar-refractivity contribution is 0.564. The topological polar surface area (TPSA) is 24.9 Å². The van der Waals surface area contributed by atoms with Gasteiger partial charge in [-0.2, -0.15) is 0 Å². The van der Waals surface area contributed by atoms with Gasteiger partial charge in [-0.15, -0.1) is 11.3 Å². The lowest BCUT2D eigenvalue weighted by Crippen LogP contribution is -2.17. The first-order chi connectivity index (χ1) is 8.15. The molecule has 0 spiro atoms. The smallest absolute Gasteiger partial charge is 0.141 e. The van der Waals surface area contributed by atoms with Gasteiger partial charge in [-0.3, -0.25) is 4.98 Å². The summed E-state index contributed by atoms with van der Waals surface area (Å²) in [5.74, 6) is -0.310. The molecule has 1 unspecified atom stereocenters. The summed E-state index contributed by atoms with van der Waals surface area (Å²) in [4.78, 5) is 4.99. The minimum absolute atomic E-state index is 0.0547. The monoisotopic (exact) mass is 270 g/mol. The van der Waals surface area contributed by atoms with Crippen LogP contribution >= 0.6 is 22.9 Å². The molecule has 0 radical (unpaired) electrons. The standard InChI is InChI=1S/C12H12ClFN2S/c1-8(9-4-10(14)6-15-5-9)16-7-11-2-3-12(13)17-11/h2-6,8,16H,7H2,1H3. The average Bonchev–Trinajstić information content (AvgIpc) is 2.72. The summed E-state index contributed by atoms with van der Waals surface area (Å²) in [5, 5.41) is 3.30. The molecule has 0 aliphatic rings. The van der Waals surface area contributed by atoms with Crippen molar-refractivity contribution in [3.8, 4) is 0 Å². The number of hydrogen-bond acceptors (Lipinski definition) is 3. The number of thiophene rings is 1. The number of aromatic nitrogens is 1. The molecule has 2 rings (SSSR count). The molecule has 2 nitrogen and oxygen atoms in total. The minimum atomic E-state index is -0.310. The molecule has 0 amide bonds. The highest BCUT2D eigenvalue weighted by atomic mass is 35.5. The highest BCUT2D eigenvalue weighted by Gasteiger charge is 2.07. The molecule has 0 fully saturated rings. The summed E-state index contributed by atoms with van der Waals surface area (Å²) >= 11 is 7.39. The summed E-state index contributed by atoms with van der Waals surface area (Å²) < 4.78 is 13.8. The molecule has 0 saturated carbocycles. The molecule has 0 aromatic carbocycles. The van der Waals surface area contributed by atoms with E-state index < -0.39 is 0 Å². The van der Waals surface area contributed by atoms with Crippen molar-refractivity contribution in [3.05, 3.63) is 51.2 Å². The summed E-state index contributed by atoms with van der Waals surface area (Å²) in [6.45, 7) is 2.70. The van der Waals surface area contributed by atoms with Crippen LogP contribution < -0.4 is 5.32 Å². The van der Waals surface area contributed by atoms with Gasteiger partial charge in [-0.25, -0.2) is 4.39 Å². The third kappa shape index (κ3) is 3.49. The molecule has 5 heteroatoms. The molecular formula is C12H12ClFN2S. The van der Waals surface area contributed by atoms with Gasteiger partial charge < -0.3 is 5.32 Å². The van der Waals surface area contributed by atoms with E-state index >= 15 is 0 Å². The van der Waals surface area contributed by atoms with Crippen molar-refractivity contribution >= 4 is 22.9 Å². The van der Waals surface area contributed by atoms with E-state index in [0.717, 1.165) is 21.3 Å². The first-order valence-electron chi connectivity index (χ1n) is 5.23. The largest absolute Gasteiger partial charge is 0.305 e. The molecule has 1 atom stereocenters. The predicted octanol–water partition coefficient (Wildman–Crippen LogP) is 3.79. The van der Waals surface area contributed by atoms with Crippen LogP contribution in [-0.2, 0) is 6.54 Å². The van der Waals surface area contributed by atoms with Gasteiger partial charge in [0, 0.05) is 23.7 Å². The summed E-state index contributed by atoms with van der Waals surface area (Å²) in [7, 11) is 0. The van der Waals surface area contributed by atoms with E-state index in [2.05, 4.69) is 10.3 Å². The van der Waals surface area contributed by atoms with E-state index in [0.29, 0.717) is 0 Å². The van der Waals surface area contributed by atoms with Gasteiger partial charge in [0.1, 0.15) is 5.82 Å². The number of pyridine rings is 1. The third-order valence-corrected chi connectivity index (χ3v) is 3.67. The zero-order valence-electron chi connectivity index (χ0n) is 9.28. The zero-order chi connectivity index (χ0) is 12.3. The highest BCUT2D eigenvalue weighted by molar-refractivity contribution is 7.16. The zero-order valence-corrected chi connectivity index (χ0v) is 10.9. The Morgan fingerprint density at radius 3 is 2.94 bits per heavy atom. The second kappa shape index (κ2) is 5.58. The molecule has 2 heterocycles. The van der Waals surface area contributed by atoms with Gasteiger partial charge in [0.2, 0.25) is 0 Å². The second-order valence-corrected chi connectivity index (χ2v) is 5.54. The lowest BCUT2D eigenvalue weighted by atomic mass is 10.1. The van der Waals surface area contributed by atoms with Crippen molar-refractivity contribution < 1.29 is 4.39 Å². The summed E-state index contributed by atoms with van der Waals surface area (Å²) in [6, 6.07) is 5.40. The number of rotatable bonds is 4. The Hall–Kier alpha value is -0.970. The Morgan fingerprint density at radius 1 is 1.47 bits per heavy atom. The Kier molecular flexibility index (Phi) is 4.10. The molecule has 1 N–H and O–H groups in total. The molecule has 0 aliphatic carbocycles. The van der Waals surface area contributed by atoms with Gasteiger partial charge in [-0.1, -0.05) is 11.6 Å². The van der Waals surface area contributed by atoms with E-state index in [1.54, 1.807) is 17.5 Å². The maximum atomic E-state index is 13.0. The van der Waals surface area contributed by atoms with E-state index in [1.807, 2.05) is 19.1 Å². The van der Waals surface area contributed by atoms with E-state index in [4.69, 9.17) is 11.6 Å². The summed E-state index contributed by atoms with van der Waals surface area (Å²) in [6.07, 6.45) is 2.87. The minimum Gasteiger partial charge on any atom is -0.305 e. The van der Waals surface area contributed by atoms with Crippen LogP contribution in [0.5, 0.6) is 0 Å². The fourth-order valence-corrected chi connectivity index (χ4v) is 2.52. The van der Waals surface area contributed by atoms with Crippen LogP contribution in [0, 0.1) is 5.82 Å². The Balaban J connectivity index is 1.95. The molecule has 2 aromatic heterocycles. The molecule has 2 aromatic rings. The van der Waals surface area contributed by atoms with Crippen molar-refractivity contribution in [2.45, 2.75) is 19.5 Å². The predicted molar refractivity (Wildman–Crippen MR) is 68.8 cm³/mol. The van der Waals surface area contributed by atoms with Crippen LogP contribution in [0.4, 0.5) is 4.39 Å². The van der Waals surface area contributed by atoms with Crippen LogP contribution in [0.1, 0.15) is 23.4 Å². The SMILES string of the molecule is CC(NCc1ccc(Cl)s1)c1cncc(F)c1. The highest BCUT2D eigenvalue weighted by Crippen LogP contribution is 2.22. The average molecular weight is 271 g/mol. The van der Waals surface area contributed by atoms with Crippen LogP contribution in [0.15, 0.2) is 30.6 Å². The van der Waals surface area contributed by atoms with Gasteiger partial charge in [0.05, 0.1) is 10.5 Å². The first kappa shape index (κ1) is 12.5. The Morgan fingerprint density at radius 2 is 2.29 bits per heavy atom. The third-order valence-electron chi connectivity index (χ3n) is 2.44.